The smallest absolute Gasteiger partial charge is 0.323 e. The molecule has 7 heteroatoms. The van der Waals surface area contributed by atoms with Gasteiger partial charge in [0.15, 0.2) is 0 Å². The summed E-state index contributed by atoms with van der Waals surface area (Å²) in [7, 11) is 1.61. The van der Waals surface area contributed by atoms with Crippen molar-refractivity contribution in [2.24, 2.45) is 0 Å². The molecule has 1 atom stereocenters. The van der Waals surface area contributed by atoms with Gasteiger partial charge in [-0.2, -0.15) is 0 Å². The summed E-state index contributed by atoms with van der Waals surface area (Å²) in [6.07, 6.45) is 0. The SMILES string of the molecule is COc1ccc(NC(=O)N2CCSC2c2ccc(Cl)cc2Cl)cc1. The van der Waals surface area contributed by atoms with Crippen LogP contribution in [0.3, 0.4) is 0 Å². The van der Waals surface area contributed by atoms with Crippen molar-refractivity contribution < 1.29 is 9.53 Å². The zero-order chi connectivity index (χ0) is 17.1. The summed E-state index contributed by atoms with van der Waals surface area (Å²) >= 11 is 13.9. The monoisotopic (exact) mass is 382 g/mol. The lowest BCUT2D eigenvalue weighted by Crippen LogP contribution is -2.34. The molecule has 1 saturated heterocycles. The lowest BCUT2D eigenvalue weighted by molar-refractivity contribution is 0.214. The number of hydrogen-bond acceptors (Lipinski definition) is 3. The maximum Gasteiger partial charge on any atom is 0.323 e. The second-order valence-corrected chi connectivity index (χ2v) is 7.27. The van der Waals surface area contributed by atoms with Crippen molar-refractivity contribution in [1.29, 1.82) is 0 Å². The maximum absolute atomic E-state index is 12.6. The van der Waals surface area contributed by atoms with Crippen LogP contribution in [0.15, 0.2) is 42.5 Å². The molecule has 4 nitrogen and oxygen atoms in total. The Hall–Kier alpha value is -1.56. The number of nitrogens with one attached hydrogen (secondary N) is 1. The van der Waals surface area contributed by atoms with Crippen molar-refractivity contribution in [2.75, 3.05) is 24.7 Å². The Morgan fingerprint density at radius 1 is 1.25 bits per heavy atom. The maximum atomic E-state index is 12.6. The highest BCUT2D eigenvalue weighted by atomic mass is 35.5. The number of methoxy groups -OCH3 is 1. The molecule has 0 aromatic heterocycles. The lowest BCUT2D eigenvalue weighted by atomic mass is 10.2. The number of ether oxygens (including phenoxy) is 1. The zero-order valence-electron chi connectivity index (χ0n) is 13.0. The highest BCUT2D eigenvalue weighted by molar-refractivity contribution is 7.99. The number of rotatable bonds is 3. The molecule has 1 fully saturated rings. The summed E-state index contributed by atoms with van der Waals surface area (Å²) in [5.74, 6) is 1.61. The van der Waals surface area contributed by atoms with Crippen molar-refractivity contribution >= 4 is 46.7 Å². The van der Waals surface area contributed by atoms with Gasteiger partial charge in [-0.25, -0.2) is 4.79 Å². The summed E-state index contributed by atoms with van der Waals surface area (Å²) in [5, 5.41) is 3.95. The molecule has 0 bridgehead atoms. The van der Waals surface area contributed by atoms with Gasteiger partial charge in [0, 0.05) is 33.6 Å². The van der Waals surface area contributed by atoms with Crippen LogP contribution in [0, 0.1) is 0 Å². The molecule has 2 amide bonds. The standard InChI is InChI=1S/C17H16Cl2N2O2S/c1-23-13-5-3-12(4-6-13)20-17(22)21-8-9-24-16(21)14-7-2-11(18)10-15(14)19/h2-7,10,16H,8-9H2,1H3,(H,20,22). The van der Waals surface area contributed by atoms with E-state index in [0.29, 0.717) is 16.6 Å². The number of urea groups is 1. The molecule has 1 unspecified atom stereocenters. The Morgan fingerprint density at radius 3 is 2.67 bits per heavy atom. The van der Waals surface area contributed by atoms with Crippen LogP contribution in [0.25, 0.3) is 0 Å². The summed E-state index contributed by atoms with van der Waals surface area (Å²) in [4.78, 5) is 14.4. The molecular formula is C17H16Cl2N2O2S. The minimum absolute atomic E-state index is 0.118. The fraction of sp³-hybridized carbons (Fsp3) is 0.235. The van der Waals surface area contributed by atoms with Gasteiger partial charge in [0.2, 0.25) is 0 Å². The van der Waals surface area contributed by atoms with Gasteiger partial charge in [-0.1, -0.05) is 29.3 Å². The predicted octanol–water partition coefficient (Wildman–Crippen LogP) is 5.28. The van der Waals surface area contributed by atoms with E-state index in [9.17, 15) is 4.79 Å². The van der Waals surface area contributed by atoms with Crippen LogP contribution < -0.4 is 10.1 Å². The molecule has 2 aromatic rings. The topological polar surface area (TPSA) is 41.6 Å². The molecule has 1 aliphatic heterocycles. The van der Waals surface area contributed by atoms with Gasteiger partial charge in [0.1, 0.15) is 11.1 Å². The van der Waals surface area contributed by atoms with E-state index in [1.807, 2.05) is 30.3 Å². The zero-order valence-corrected chi connectivity index (χ0v) is 15.3. The number of carbonyl (C=O) groups is 1. The molecule has 126 valence electrons. The molecule has 1 heterocycles. The van der Waals surface area contributed by atoms with E-state index in [-0.39, 0.29) is 11.4 Å². The third-order valence-corrected chi connectivity index (χ3v) is 5.53. The number of carbonyl (C=O) groups excluding carboxylic acids is 1. The number of halogens is 2. The fourth-order valence-corrected chi connectivity index (χ4v) is 4.38. The van der Waals surface area contributed by atoms with Crippen LogP contribution in [0.4, 0.5) is 10.5 Å². The van der Waals surface area contributed by atoms with Crippen LogP contribution >= 0.6 is 35.0 Å². The van der Waals surface area contributed by atoms with Gasteiger partial charge in [-0.3, -0.25) is 0 Å². The molecule has 1 aliphatic rings. The molecule has 0 spiro atoms. The third-order valence-electron chi connectivity index (χ3n) is 3.72. The van der Waals surface area contributed by atoms with Gasteiger partial charge >= 0.3 is 6.03 Å². The molecule has 24 heavy (non-hydrogen) atoms. The average Bonchev–Trinajstić information content (AvgIpc) is 3.05. The molecule has 0 radical (unpaired) electrons. The van der Waals surface area contributed by atoms with Gasteiger partial charge in [0.25, 0.3) is 0 Å². The van der Waals surface area contributed by atoms with Crippen LogP contribution in [0.2, 0.25) is 10.0 Å². The lowest BCUT2D eigenvalue weighted by Gasteiger charge is -2.25. The number of hydrogen-bond donors (Lipinski definition) is 1. The minimum Gasteiger partial charge on any atom is -0.497 e. The molecule has 3 rings (SSSR count). The van der Waals surface area contributed by atoms with Crippen molar-refractivity contribution in [3.8, 4) is 5.75 Å². The van der Waals surface area contributed by atoms with Crippen LogP contribution in [-0.2, 0) is 0 Å². The highest BCUT2D eigenvalue weighted by Gasteiger charge is 2.32. The van der Waals surface area contributed by atoms with Crippen LogP contribution in [0.5, 0.6) is 5.75 Å². The van der Waals surface area contributed by atoms with Gasteiger partial charge in [-0.05, 0) is 36.4 Å². The van der Waals surface area contributed by atoms with E-state index >= 15 is 0 Å². The summed E-state index contributed by atoms with van der Waals surface area (Å²) in [6, 6.07) is 12.5. The largest absolute Gasteiger partial charge is 0.497 e. The quantitative estimate of drug-likeness (QED) is 0.784. The minimum atomic E-state index is -0.152. The molecular weight excluding hydrogens is 367 g/mol. The van der Waals surface area contributed by atoms with E-state index in [2.05, 4.69) is 5.32 Å². The third kappa shape index (κ3) is 3.74. The van der Waals surface area contributed by atoms with Crippen molar-refractivity contribution in [2.45, 2.75) is 5.37 Å². The predicted molar refractivity (Wildman–Crippen MR) is 100 cm³/mol. The molecule has 0 aliphatic carbocycles. The molecule has 0 saturated carbocycles. The molecule has 1 N–H and O–H groups in total. The van der Waals surface area contributed by atoms with E-state index in [1.165, 1.54) is 0 Å². The summed E-state index contributed by atoms with van der Waals surface area (Å²) in [5.41, 5.74) is 1.62. The first-order valence-electron chi connectivity index (χ1n) is 7.36. The second-order valence-electron chi connectivity index (χ2n) is 5.24. The van der Waals surface area contributed by atoms with Crippen molar-refractivity contribution in [3.63, 3.8) is 0 Å². The molecule has 2 aromatic carbocycles. The van der Waals surface area contributed by atoms with E-state index in [1.54, 1.807) is 35.9 Å². The highest BCUT2D eigenvalue weighted by Crippen LogP contribution is 2.41. The van der Waals surface area contributed by atoms with E-state index in [4.69, 9.17) is 27.9 Å². The van der Waals surface area contributed by atoms with Crippen molar-refractivity contribution in [1.82, 2.24) is 4.90 Å². The van der Waals surface area contributed by atoms with E-state index < -0.39 is 0 Å². The normalized spacial score (nSPS) is 17.0. The van der Waals surface area contributed by atoms with Crippen LogP contribution in [-0.4, -0.2) is 30.3 Å². The average molecular weight is 383 g/mol. The Balaban J connectivity index is 1.75. The summed E-state index contributed by atoms with van der Waals surface area (Å²) in [6.45, 7) is 0.663. The summed E-state index contributed by atoms with van der Waals surface area (Å²) < 4.78 is 5.12. The van der Waals surface area contributed by atoms with Crippen molar-refractivity contribution in [3.05, 3.63) is 58.1 Å². The number of anilines is 1. The van der Waals surface area contributed by atoms with E-state index in [0.717, 1.165) is 22.8 Å². The first-order chi connectivity index (χ1) is 11.6. The van der Waals surface area contributed by atoms with Gasteiger partial charge in [0.05, 0.1) is 7.11 Å². The van der Waals surface area contributed by atoms with Gasteiger partial charge < -0.3 is 15.0 Å². The number of thioether (sulfide) groups is 1. The number of benzene rings is 2. The van der Waals surface area contributed by atoms with Gasteiger partial charge in [-0.15, -0.1) is 11.8 Å². The number of nitrogens with zero attached hydrogens (tertiary/aromatic N) is 1. The Morgan fingerprint density at radius 2 is 2.00 bits per heavy atom. The Bertz CT molecular complexity index is 740. The fourth-order valence-electron chi connectivity index (χ4n) is 2.51. The first kappa shape index (κ1) is 17.3. The Labute approximate surface area is 155 Å². The number of amides is 2. The second kappa shape index (κ2) is 7.55. The van der Waals surface area contributed by atoms with Crippen LogP contribution in [0.1, 0.15) is 10.9 Å². The Kier molecular flexibility index (Phi) is 5.43. The first-order valence-corrected chi connectivity index (χ1v) is 9.17.